The lowest BCUT2D eigenvalue weighted by Crippen LogP contribution is -2.10. The molecule has 196 valence electrons. The van der Waals surface area contributed by atoms with Gasteiger partial charge >= 0.3 is 0 Å². The summed E-state index contributed by atoms with van der Waals surface area (Å²) >= 11 is 0. The smallest absolute Gasteiger partial charge is 0.159 e. The highest BCUT2D eigenvalue weighted by atomic mass is 16.3. The van der Waals surface area contributed by atoms with Crippen molar-refractivity contribution in [2.75, 3.05) is 4.90 Å². The molecule has 0 aliphatic carbocycles. The number of rotatable bonds is 3. The Morgan fingerprint density at radius 2 is 0.952 bits per heavy atom. The van der Waals surface area contributed by atoms with E-state index in [-0.39, 0.29) is 0 Å². The van der Waals surface area contributed by atoms with Crippen LogP contribution in [0.3, 0.4) is 0 Å². The van der Waals surface area contributed by atoms with Crippen molar-refractivity contribution in [3.8, 4) is 0 Å². The van der Waals surface area contributed by atoms with Crippen LogP contribution >= 0.6 is 0 Å². The maximum atomic E-state index is 6.58. The van der Waals surface area contributed by atoms with Crippen LogP contribution in [-0.2, 0) is 0 Å². The summed E-state index contributed by atoms with van der Waals surface area (Å²) in [6, 6.07) is 54.4. The summed E-state index contributed by atoms with van der Waals surface area (Å²) in [4.78, 5) is 2.37. The third kappa shape index (κ3) is 3.39. The second-order valence-electron chi connectivity index (χ2n) is 10.9. The van der Waals surface area contributed by atoms with Crippen LogP contribution in [0.1, 0.15) is 0 Å². The average molecular weight is 536 g/mol. The summed E-state index contributed by atoms with van der Waals surface area (Å²) in [6.45, 7) is 0. The Bertz CT molecular complexity index is 2490. The van der Waals surface area contributed by atoms with Gasteiger partial charge in [-0.05, 0) is 68.0 Å². The van der Waals surface area contributed by atoms with E-state index >= 15 is 0 Å². The number of para-hydroxylation sites is 2. The molecule has 0 bridgehead atoms. The number of hydrogen-bond donors (Lipinski definition) is 0. The summed E-state index contributed by atoms with van der Waals surface area (Å²) in [7, 11) is 0. The molecule has 0 spiro atoms. The van der Waals surface area contributed by atoms with Crippen LogP contribution in [0, 0.1) is 0 Å². The molecule has 0 saturated heterocycles. The molecule has 1 aromatic heterocycles. The Labute approximate surface area is 242 Å². The molecule has 1 heterocycles. The summed E-state index contributed by atoms with van der Waals surface area (Å²) in [5.41, 5.74) is 5.01. The summed E-state index contributed by atoms with van der Waals surface area (Å²) in [6.07, 6.45) is 0. The molecule has 2 heteroatoms. The standard InChI is InChI=1S/C40H25NO/c1-2-11-28-25-29(21-19-26(28)9-1)41(38-17-8-15-36-35-13-5-6-18-39(35)42-40(36)38)37-16-7-14-31-33-22-20-27-10-3-4-12-30(27)32(33)23-24-34(31)37/h1-25H. The SMILES string of the molecule is c1ccc2cc(N(c3cccc4c3ccc3c5ccccc5ccc43)c3cccc4c3oc3ccccc34)ccc2c1. The Morgan fingerprint density at radius 3 is 1.86 bits per heavy atom. The van der Waals surface area contributed by atoms with Crippen molar-refractivity contribution >= 4 is 82.1 Å². The van der Waals surface area contributed by atoms with Crippen LogP contribution in [0.5, 0.6) is 0 Å². The third-order valence-corrected chi connectivity index (χ3v) is 8.62. The molecule has 9 rings (SSSR count). The van der Waals surface area contributed by atoms with Gasteiger partial charge in [-0.15, -0.1) is 0 Å². The van der Waals surface area contributed by atoms with Gasteiger partial charge in [-0.2, -0.15) is 0 Å². The first-order valence-electron chi connectivity index (χ1n) is 14.4. The molecule has 9 aromatic rings. The second kappa shape index (κ2) is 8.95. The van der Waals surface area contributed by atoms with Gasteiger partial charge in [0.05, 0.1) is 11.4 Å². The van der Waals surface area contributed by atoms with E-state index < -0.39 is 0 Å². The maximum absolute atomic E-state index is 6.58. The summed E-state index contributed by atoms with van der Waals surface area (Å²) < 4.78 is 6.58. The van der Waals surface area contributed by atoms with E-state index in [0.29, 0.717) is 0 Å². The van der Waals surface area contributed by atoms with Crippen LogP contribution in [0.15, 0.2) is 156 Å². The molecule has 0 unspecified atom stereocenters. The van der Waals surface area contributed by atoms with Gasteiger partial charge in [0, 0.05) is 21.8 Å². The fraction of sp³-hybridized carbons (Fsp3) is 0. The molecule has 0 atom stereocenters. The van der Waals surface area contributed by atoms with E-state index in [1.807, 2.05) is 12.1 Å². The summed E-state index contributed by atoms with van der Waals surface area (Å²) in [5.74, 6) is 0. The molecule has 0 aliphatic heterocycles. The Hall–Kier alpha value is -5.60. The van der Waals surface area contributed by atoms with E-state index in [4.69, 9.17) is 4.42 Å². The highest BCUT2D eigenvalue weighted by Gasteiger charge is 2.21. The Kier molecular flexibility index (Phi) is 4.93. The maximum Gasteiger partial charge on any atom is 0.159 e. The topological polar surface area (TPSA) is 16.4 Å². The molecule has 0 fully saturated rings. The lowest BCUT2D eigenvalue weighted by molar-refractivity contribution is 0.669. The lowest BCUT2D eigenvalue weighted by Gasteiger charge is -2.27. The molecular formula is C40H25NO. The van der Waals surface area contributed by atoms with Crippen LogP contribution < -0.4 is 4.90 Å². The van der Waals surface area contributed by atoms with Crippen molar-refractivity contribution in [2.45, 2.75) is 0 Å². The molecule has 0 N–H and O–H groups in total. The van der Waals surface area contributed by atoms with E-state index in [9.17, 15) is 0 Å². The minimum absolute atomic E-state index is 0.885. The van der Waals surface area contributed by atoms with Gasteiger partial charge in [-0.3, -0.25) is 0 Å². The van der Waals surface area contributed by atoms with Crippen molar-refractivity contribution in [1.29, 1.82) is 0 Å². The molecule has 8 aromatic carbocycles. The highest BCUT2D eigenvalue weighted by Crippen LogP contribution is 2.45. The van der Waals surface area contributed by atoms with Gasteiger partial charge < -0.3 is 9.32 Å². The fourth-order valence-corrected chi connectivity index (χ4v) is 6.67. The van der Waals surface area contributed by atoms with Crippen molar-refractivity contribution in [2.24, 2.45) is 0 Å². The molecule has 0 saturated carbocycles. The van der Waals surface area contributed by atoms with Crippen LogP contribution in [-0.4, -0.2) is 0 Å². The predicted octanol–water partition coefficient (Wildman–Crippen LogP) is 11.7. The Balaban J connectivity index is 1.37. The first kappa shape index (κ1) is 23.1. The van der Waals surface area contributed by atoms with Crippen molar-refractivity contribution in [3.05, 3.63) is 152 Å². The third-order valence-electron chi connectivity index (χ3n) is 8.62. The van der Waals surface area contributed by atoms with Gasteiger partial charge in [-0.1, -0.05) is 121 Å². The normalized spacial score (nSPS) is 11.8. The van der Waals surface area contributed by atoms with Crippen molar-refractivity contribution in [3.63, 3.8) is 0 Å². The minimum Gasteiger partial charge on any atom is -0.454 e. The predicted molar refractivity (Wildman–Crippen MR) is 178 cm³/mol. The largest absolute Gasteiger partial charge is 0.454 e. The second-order valence-corrected chi connectivity index (χ2v) is 10.9. The van der Waals surface area contributed by atoms with Gasteiger partial charge in [-0.25, -0.2) is 0 Å². The molecule has 0 amide bonds. The number of anilines is 3. The number of benzene rings is 8. The molecular weight excluding hydrogens is 510 g/mol. The van der Waals surface area contributed by atoms with Gasteiger partial charge in [0.1, 0.15) is 5.58 Å². The quantitative estimate of drug-likeness (QED) is 0.209. The first-order valence-corrected chi connectivity index (χ1v) is 14.4. The number of fused-ring (bicyclic) bond motifs is 9. The van der Waals surface area contributed by atoms with E-state index in [2.05, 4.69) is 144 Å². The van der Waals surface area contributed by atoms with Gasteiger partial charge in [0.15, 0.2) is 5.58 Å². The Morgan fingerprint density at radius 1 is 0.357 bits per heavy atom. The molecule has 42 heavy (non-hydrogen) atoms. The zero-order chi connectivity index (χ0) is 27.6. The lowest BCUT2D eigenvalue weighted by atomic mass is 9.96. The highest BCUT2D eigenvalue weighted by molar-refractivity contribution is 6.20. The average Bonchev–Trinajstić information content (AvgIpc) is 3.44. The van der Waals surface area contributed by atoms with E-state index in [1.54, 1.807) is 0 Å². The summed E-state index contributed by atoms with van der Waals surface area (Å²) in [5, 5.41) is 12.2. The zero-order valence-electron chi connectivity index (χ0n) is 22.8. The monoisotopic (exact) mass is 535 g/mol. The molecule has 2 nitrogen and oxygen atoms in total. The van der Waals surface area contributed by atoms with Crippen LogP contribution in [0.25, 0.3) is 65.0 Å². The number of nitrogens with zero attached hydrogens (tertiary/aromatic N) is 1. The number of hydrogen-bond acceptors (Lipinski definition) is 2. The van der Waals surface area contributed by atoms with Crippen LogP contribution in [0.4, 0.5) is 17.1 Å². The first-order chi connectivity index (χ1) is 20.8. The van der Waals surface area contributed by atoms with E-state index in [0.717, 1.165) is 39.0 Å². The van der Waals surface area contributed by atoms with Gasteiger partial charge in [0.25, 0.3) is 0 Å². The fourth-order valence-electron chi connectivity index (χ4n) is 6.67. The molecule has 0 aliphatic rings. The molecule has 0 radical (unpaired) electrons. The number of furan rings is 1. The van der Waals surface area contributed by atoms with Crippen molar-refractivity contribution in [1.82, 2.24) is 0 Å². The zero-order valence-corrected chi connectivity index (χ0v) is 22.8. The van der Waals surface area contributed by atoms with Crippen LogP contribution in [0.2, 0.25) is 0 Å². The van der Waals surface area contributed by atoms with Gasteiger partial charge in [0.2, 0.25) is 0 Å². The van der Waals surface area contributed by atoms with E-state index in [1.165, 1.54) is 43.1 Å². The minimum atomic E-state index is 0.885. The van der Waals surface area contributed by atoms with Crippen molar-refractivity contribution < 1.29 is 4.42 Å².